The topological polar surface area (TPSA) is 91.7 Å². The van der Waals surface area contributed by atoms with Crippen LogP contribution < -0.4 is 10.7 Å². The van der Waals surface area contributed by atoms with Crippen molar-refractivity contribution in [1.82, 2.24) is 15.8 Å². The molecule has 2 heterocycles. The van der Waals surface area contributed by atoms with Crippen molar-refractivity contribution in [3.63, 3.8) is 0 Å². The van der Waals surface area contributed by atoms with Crippen LogP contribution in [0.3, 0.4) is 0 Å². The molecule has 1 unspecified atom stereocenters. The Morgan fingerprint density at radius 3 is 2.60 bits per heavy atom. The van der Waals surface area contributed by atoms with Crippen molar-refractivity contribution < 1.29 is 18.8 Å². The number of hydrazine groups is 1. The molecule has 1 aliphatic rings. The maximum Gasteiger partial charge on any atom is 0.344 e. The lowest BCUT2D eigenvalue weighted by Crippen LogP contribution is -2.49. The van der Waals surface area contributed by atoms with E-state index in [-0.39, 0.29) is 5.56 Å². The summed E-state index contributed by atoms with van der Waals surface area (Å²) in [7, 11) is 0. The van der Waals surface area contributed by atoms with E-state index in [0.717, 1.165) is 10.6 Å². The Bertz CT molecular complexity index is 815. The fourth-order valence-corrected chi connectivity index (χ4v) is 2.78. The second-order valence-electron chi connectivity index (χ2n) is 6.22. The van der Waals surface area contributed by atoms with E-state index in [2.05, 4.69) is 10.7 Å². The zero-order chi connectivity index (χ0) is 18.0. The van der Waals surface area contributed by atoms with Gasteiger partial charge in [-0.05, 0) is 38.3 Å². The van der Waals surface area contributed by atoms with Crippen molar-refractivity contribution in [2.45, 2.75) is 32.2 Å². The van der Waals surface area contributed by atoms with Gasteiger partial charge in [-0.25, -0.2) is 4.79 Å². The molecule has 1 fully saturated rings. The highest BCUT2D eigenvalue weighted by molar-refractivity contribution is 6.09. The summed E-state index contributed by atoms with van der Waals surface area (Å²) in [4.78, 5) is 37.0. The summed E-state index contributed by atoms with van der Waals surface area (Å²) in [5.41, 5.74) is 2.63. The van der Waals surface area contributed by atoms with Gasteiger partial charge in [0.05, 0.1) is 11.8 Å². The first-order chi connectivity index (χ1) is 11.9. The SMILES string of the molecule is Cc1occc1C(=O)NN1C(=O)NC(C)(CCc2ccccc2)C1=O. The minimum Gasteiger partial charge on any atom is -0.469 e. The lowest BCUT2D eigenvalue weighted by Gasteiger charge is -2.21. The number of amides is 4. The summed E-state index contributed by atoms with van der Waals surface area (Å²) < 4.78 is 5.07. The van der Waals surface area contributed by atoms with E-state index in [9.17, 15) is 14.4 Å². The average molecular weight is 341 g/mol. The fourth-order valence-electron chi connectivity index (χ4n) is 2.78. The molecule has 1 aliphatic heterocycles. The van der Waals surface area contributed by atoms with E-state index >= 15 is 0 Å². The van der Waals surface area contributed by atoms with Crippen molar-refractivity contribution >= 4 is 17.8 Å². The Hall–Kier alpha value is -3.09. The van der Waals surface area contributed by atoms with Crippen LogP contribution in [0.2, 0.25) is 0 Å². The van der Waals surface area contributed by atoms with Crippen molar-refractivity contribution in [2.24, 2.45) is 0 Å². The largest absolute Gasteiger partial charge is 0.469 e. The molecule has 2 aromatic rings. The summed E-state index contributed by atoms with van der Waals surface area (Å²) >= 11 is 0. The number of urea groups is 1. The first kappa shape index (κ1) is 16.8. The van der Waals surface area contributed by atoms with Crippen LogP contribution in [-0.4, -0.2) is 28.4 Å². The van der Waals surface area contributed by atoms with Crippen LogP contribution in [0.25, 0.3) is 0 Å². The normalized spacial score (nSPS) is 19.8. The molecule has 25 heavy (non-hydrogen) atoms. The van der Waals surface area contributed by atoms with Gasteiger partial charge in [-0.15, -0.1) is 0 Å². The standard InChI is InChI=1S/C18H19N3O4/c1-12-14(9-11-25-12)15(22)20-21-16(23)18(2,19-17(21)24)10-8-13-6-4-3-5-7-13/h3-7,9,11H,8,10H2,1-2H3,(H,19,24)(H,20,22). The summed E-state index contributed by atoms with van der Waals surface area (Å²) in [6, 6.07) is 10.5. The van der Waals surface area contributed by atoms with Gasteiger partial charge in [-0.2, -0.15) is 5.01 Å². The average Bonchev–Trinajstić information content (AvgIpc) is 3.11. The smallest absolute Gasteiger partial charge is 0.344 e. The van der Waals surface area contributed by atoms with Crippen molar-refractivity contribution in [3.05, 3.63) is 59.5 Å². The van der Waals surface area contributed by atoms with E-state index in [1.165, 1.54) is 12.3 Å². The monoisotopic (exact) mass is 341 g/mol. The Labute approximate surface area is 145 Å². The van der Waals surface area contributed by atoms with E-state index in [4.69, 9.17) is 4.42 Å². The number of benzene rings is 1. The molecular formula is C18H19N3O4. The second kappa shape index (κ2) is 6.43. The minimum atomic E-state index is -1.06. The third kappa shape index (κ3) is 3.26. The van der Waals surface area contributed by atoms with Crippen molar-refractivity contribution in [1.29, 1.82) is 0 Å². The first-order valence-corrected chi connectivity index (χ1v) is 7.96. The van der Waals surface area contributed by atoms with Gasteiger partial charge in [0.15, 0.2) is 0 Å². The number of imide groups is 1. The molecule has 3 rings (SSSR count). The van der Waals surface area contributed by atoms with Gasteiger partial charge in [0.25, 0.3) is 11.8 Å². The molecule has 2 N–H and O–H groups in total. The number of nitrogens with zero attached hydrogens (tertiary/aromatic N) is 1. The molecule has 4 amide bonds. The van der Waals surface area contributed by atoms with E-state index in [0.29, 0.717) is 18.6 Å². The van der Waals surface area contributed by atoms with Gasteiger partial charge in [0.2, 0.25) is 0 Å². The Morgan fingerprint density at radius 1 is 1.24 bits per heavy atom. The maximum absolute atomic E-state index is 12.7. The molecule has 1 aromatic carbocycles. The van der Waals surface area contributed by atoms with Crippen molar-refractivity contribution in [2.75, 3.05) is 0 Å². The van der Waals surface area contributed by atoms with Gasteiger partial charge in [-0.1, -0.05) is 30.3 Å². The highest BCUT2D eigenvalue weighted by Crippen LogP contribution is 2.22. The minimum absolute atomic E-state index is 0.276. The Kier molecular flexibility index (Phi) is 4.31. The highest BCUT2D eigenvalue weighted by Gasteiger charge is 2.48. The molecule has 7 nitrogen and oxygen atoms in total. The van der Waals surface area contributed by atoms with Gasteiger partial charge < -0.3 is 9.73 Å². The number of carbonyl (C=O) groups is 3. The van der Waals surface area contributed by atoms with Crippen LogP contribution >= 0.6 is 0 Å². The van der Waals surface area contributed by atoms with Gasteiger partial charge in [0, 0.05) is 0 Å². The maximum atomic E-state index is 12.7. The second-order valence-corrected chi connectivity index (χ2v) is 6.22. The molecule has 0 radical (unpaired) electrons. The van der Waals surface area contributed by atoms with Crippen LogP contribution in [-0.2, 0) is 11.2 Å². The third-order valence-electron chi connectivity index (χ3n) is 4.33. The molecular weight excluding hydrogens is 322 g/mol. The molecule has 0 aliphatic carbocycles. The number of carbonyl (C=O) groups excluding carboxylic acids is 3. The van der Waals surface area contributed by atoms with Crippen LogP contribution in [0.15, 0.2) is 47.1 Å². The lowest BCUT2D eigenvalue weighted by molar-refractivity contribution is -0.132. The van der Waals surface area contributed by atoms with Crippen molar-refractivity contribution in [3.8, 4) is 0 Å². The Morgan fingerprint density at radius 2 is 1.96 bits per heavy atom. The number of furan rings is 1. The summed E-state index contributed by atoms with van der Waals surface area (Å²) in [5, 5.41) is 3.40. The molecule has 7 heteroatoms. The van der Waals surface area contributed by atoms with E-state index < -0.39 is 23.4 Å². The number of hydrogen-bond acceptors (Lipinski definition) is 4. The first-order valence-electron chi connectivity index (χ1n) is 7.96. The highest BCUT2D eigenvalue weighted by atomic mass is 16.3. The summed E-state index contributed by atoms with van der Waals surface area (Å²) in [6.07, 6.45) is 2.44. The molecule has 0 bridgehead atoms. The molecule has 0 saturated carbocycles. The predicted octanol–water partition coefficient (Wildman–Crippen LogP) is 2.18. The number of rotatable bonds is 5. The zero-order valence-corrected chi connectivity index (χ0v) is 14.0. The van der Waals surface area contributed by atoms with E-state index in [1.54, 1.807) is 13.8 Å². The molecule has 1 atom stereocenters. The third-order valence-corrected chi connectivity index (χ3v) is 4.33. The van der Waals surface area contributed by atoms with Gasteiger partial charge >= 0.3 is 6.03 Å². The molecule has 0 spiro atoms. The number of aryl methyl sites for hydroxylation is 2. The van der Waals surface area contributed by atoms with Gasteiger partial charge in [-0.3, -0.25) is 15.0 Å². The van der Waals surface area contributed by atoms with E-state index in [1.807, 2.05) is 30.3 Å². The van der Waals surface area contributed by atoms with Crippen LogP contribution in [0.4, 0.5) is 4.79 Å². The van der Waals surface area contributed by atoms with Crippen LogP contribution in [0.1, 0.15) is 35.0 Å². The zero-order valence-electron chi connectivity index (χ0n) is 14.0. The number of hydrogen-bond donors (Lipinski definition) is 2. The molecule has 1 aromatic heterocycles. The lowest BCUT2D eigenvalue weighted by atomic mass is 9.93. The van der Waals surface area contributed by atoms with Crippen LogP contribution in [0.5, 0.6) is 0 Å². The quantitative estimate of drug-likeness (QED) is 0.816. The Balaban J connectivity index is 1.69. The molecule has 1 saturated heterocycles. The predicted molar refractivity (Wildman–Crippen MR) is 89.5 cm³/mol. The number of nitrogens with one attached hydrogen (secondary N) is 2. The summed E-state index contributed by atoms with van der Waals surface area (Å²) in [5.74, 6) is -0.638. The van der Waals surface area contributed by atoms with Crippen LogP contribution in [0, 0.1) is 6.92 Å². The fraction of sp³-hybridized carbons (Fsp3) is 0.278. The van der Waals surface area contributed by atoms with Gasteiger partial charge in [0.1, 0.15) is 11.3 Å². The summed E-state index contributed by atoms with van der Waals surface area (Å²) in [6.45, 7) is 3.29. The molecule has 130 valence electrons.